The molecule has 2 nitrogen and oxygen atoms in total. The number of methoxy groups -OCH3 is 1. The van der Waals surface area contributed by atoms with Crippen molar-refractivity contribution in [2.75, 3.05) is 7.11 Å². The molecule has 0 saturated heterocycles. The summed E-state index contributed by atoms with van der Waals surface area (Å²) in [4.78, 5) is 11.4. The number of rotatable bonds is 4. The third-order valence-corrected chi connectivity index (χ3v) is 3.03. The van der Waals surface area contributed by atoms with Gasteiger partial charge in [-0.15, -0.1) is 0 Å². The van der Waals surface area contributed by atoms with Crippen LogP contribution in [0.2, 0.25) is 0 Å². The number of carbonyl (C=O) groups excluding carboxylic acids is 1. The minimum absolute atomic E-state index is 0.0711. The highest BCUT2D eigenvalue weighted by Crippen LogP contribution is 2.29. The van der Waals surface area contributed by atoms with Crippen molar-refractivity contribution in [3.63, 3.8) is 0 Å². The molecule has 0 aliphatic rings. The van der Waals surface area contributed by atoms with Crippen LogP contribution in [-0.4, -0.2) is 13.1 Å². The Morgan fingerprint density at radius 2 is 2.06 bits per heavy atom. The van der Waals surface area contributed by atoms with Crippen LogP contribution in [0.1, 0.15) is 37.3 Å². The normalized spacial score (nSPS) is 12.6. The number of hydrogen-bond acceptors (Lipinski definition) is 2. The van der Waals surface area contributed by atoms with Crippen LogP contribution in [0.3, 0.4) is 0 Å². The van der Waals surface area contributed by atoms with Gasteiger partial charge < -0.3 is 4.74 Å². The van der Waals surface area contributed by atoms with Gasteiger partial charge in [0.25, 0.3) is 0 Å². The van der Waals surface area contributed by atoms with E-state index in [1.807, 2.05) is 19.9 Å². The first kappa shape index (κ1) is 13.7. The van der Waals surface area contributed by atoms with E-state index in [0.29, 0.717) is 17.9 Å². The van der Waals surface area contributed by atoms with Gasteiger partial charge in [-0.2, -0.15) is 0 Å². The Morgan fingerprint density at radius 1 is 1.41 bits per heavy atom. The van der Waals surface area contributed by atoms with Crippen molar-refractivity contribution >= 4 is 5.97 Å². The third-order valence-electron chi connectivity index (χ3n) is 3.03. The van der Waals surface area contributed by atoms with Crippen LogP contribution in [0, 0.1) is 18.7 Å². The van der Waals surface area contributed by atoms with Crippen LogP contribution >= 0.6 is 0 Å². The molecule has 1 rings (SSSR count). The molecule has 17 heavy (non-hydrogen) atoms. The van der Waals surface area contributed by atoms with Crippen LogP contribution in [0.5, 0.6) is 0 Å². The van der Waals surface area contributed by atoms with Crippen LogP contribution < -0.4 is 0 Å². The summed E-state index contributed by atoms with van der Waals surface area (Å²) in [7, 11) is 1.38. The molecule has 0 bridgehead atoms. The number of carbonyl (C=O) groups is 1. The van der Waals surface area contributed by atoms with Crippen molar-refractivity contribution < 1.29 is 13.9 Å². The molecule has 1 aromatic rings. The van der Waals surface area contributed by atoms with E-state index in [0.717, 1.165) is 5.56 Å². The Kier molecular flexibility index (Phi) is 4.67. The zero-order valence-electron chi connectivity index (χ0n) is 10.8. The molecule has 1 unspecified atom stereocenters. The molecule has 0 N–H and O–H groups in total. The van der Waals surface area contributed by atoms with Gasteiger partial charge in [0.2, 0.25) is 0 Å². The van der Waals surface area contributed by atoms with Crippen molar-refractivity contribution in [1.29, 1.82) is 0 Å². The highest BCUT2D eigenvalue weighted by atomic mass is 19.1. The molecule has 0 aromatic heterocycles. The zero-order valence-corrected chi connectivity index (χ0v) is 10.8. The second-order valence-corrected chi connectivity index (χ2v) is 4.64. The molecule has 0 fully saturated rings. The van der Waals surface area contributed by atoms with Gasteiger partial charge in [0.05, 0.1) is 13.5 Å². The second kappa shape index (κ2) is 5.80. The Balaban J connectivity index is 2.97. The first-order valence-corrected chi connectivity index (χ1v) is 5.78. The standard InChI is InChI=1S/C14H19FO2/c1-9(2)12(8-14(16)17-4)11-5-6-13(15)10(3)7-11/h5-7,9,12H,8H2,1-4H3. The minimum Gasteiger partial charge on any atom is -0.469 e. The Morgan fingerprint density at radius 3 is 2.53 bits per heavy atom. The van der Waals surface area contributed by atoms with Gasteiger partial charge in [-0.25, -0.2) is 4.39 Å². The van der Waals surface area contributed by atoms with Crippen molar-refractivity contribution in [3.8, 4) is 0 Å². The number of halogens is 1. The van der Waals surface area contributed by atoms with Crippen LogP contribution in [-0.2, 0) is 9.53 Å². The molecule has 0 heterocycles. The molecule has 0 aliphatic carbocycles. The number of aryl methyl sites for hydroxylation is 1. The van der Waals surface area contributed by atoms with Crippen LogP contribution in [0.4, 0.5) is 4.39 Å². The van der Waals surface area contributed by atoms with Gasteiger partial charge in [0, 0.05) is 0 Å². The Hall–Kier alpha value is -1.38. The summed E-state index contributed by atoms with van der Waals surface area (Å²) >= 11 is 0. The van der Waals surface area contributed by atoms with Crippen molar-refractivity contribution in [2.24, 2.45) is 5.92 Å². The number of ether oxygens (including phenoxy) is 1. The van der Waals surface area contributed by atoms with Crippen molar-refractivity contribution in [1.82, 2.24) is 0 Å². The minimum atomic E-state index is -0.231. The average molecular weight is 238 g/mol. The SMILES string of the molecule is COC(=O)CC(c1ccc(F)c(C)c1)C(C)C. The van der Waals surface area contributed by atoms with E-state index in [4.69, 9.17) is 4.74 Å². The summed E-state index contributed by atoms with van der Waals surface area (Å²) in [5.74, 6) is -0.0688. The smallest absolute Gasteiger partial charge is 0.306 e. The Bertz CT molecular complexity index is 399. The van der Waals surface area contributed by atoms with Crippen molar-refractivity contribution in [3.05, 3.63) is 35.1 Å². The van der Waals surface area contributed by atoms with E-state index < -0.39 is 0 Å². The topological polar surface area (TPSA) is 26.3 Å². The summed E-state index contributed by atoms with van der Waals surface area (Å²) < 4.78 is 17.9. The van der Waals surface area contributed by atoms with E-state index in [9.17, 15) is 9.18 Å². The average Bonchev–Trinajstić information content (AvgIpc) is 2.29. The number of benzene rings is 1. The maximum atomic E-state index is 13.2. The third kappa shape index (κ3) is 3.55. The first-order chi connectivity index (χ1) is 7.95. The summed E-state index contributed by atoms with van der Waals surface area (Å²) in [5, 5.41) is 0. The fourth-order valence-electron chi connectivity index (χ4n) is 1.90. The summed E-state index contributed by atoms with van der Waals surface area (Å²) in [5.41, 5.74) is 1.60. The maximum absolute atomic E-state index is 13.2. The first-order valence-electron chi connectivity index (χ1n) is 5.78. The number of hydrogen-bond donors (Lipinski definition) is 0. The van der Waals surface area contributed by atoms with Gasteiger partial charge in [-0.3, -0.25) is 4.79 Å². The zero-order chi connectivity index (χ0) is 13.0. The highest BCUT2D eigenvalue weighted by molar-refractivity contribution is 5.70. The quantitative estimate of drug-likeness (QED) is 0.751. The predicted molar refractivity (Wildman–Crippen MR) is 65.3 cm³/mol. The van der Waals surface area contributed by atoms with E-state index in [-0.39, 0.29) is 17.7 Å². The van der Waals surface area contributed by atoms with Crippen molar-refractivity contribution in [2.45, 2.75) is 33.1 Å². The molecule has 0 saturated carbocycles. The van der Waals surface area contributed by atoms with Gasteiger partial charge in [-0.05, 0) is 36.0 Å². The lowest BCUT2D eigenvalue weighted by Gasteiger charge is -2.20. The number of esters is 1. The largest absolute Gasteiger partial charge is 0.469 e. The molecule has 0 amide bonds. The molecular weight excluding hydrogens is 219 g/mol. The lowest BCUT2D eigenvalue weighted by molar-refractivity contribution is -0.141. The van der Waals surface area contributed by atoms with Gasteiger partial charge in [0.1, 0.15) is 5.82 Å². The predicted octanol–water partition coefficient (Wildman–Crippen LogP) is 3.44. The molecular formula is C14H19FO2. The van der Waals surface area contributed by atoms with E-state index in [1.165, 1.54) is 13.2 Å². The monoisotopic (exact) mass is 238 g/mol. The van der Waals surface area contributed by atoms with E-state index in [1.54, 1.807) is 13.0 Å². The molecule has 0 spiro atoms. The molecule has 94 valence electrons. The summed E-state index contributed by atoms with van der Waals surface area (Å²) in [6.07, 6.45) is 0.333. The summed E-state index contributed by atoms with van der Waals surface area (Å²) in [6, 6.07) is 5.01. The lowest BCUT2D eigenvalue weighted by atomic mass is 9.85. The van der Waals surface area contributed by atoms with Gasteiger partial charge in [-0.1, -0.05) is 26.0 Å². The molecule has 0 radical (unpaired) electrons. The van der Waals surface area contributed by atoms with E-state index in [2.05, 4.69) is 0 Å². The second-order valence-electron chi connectivity index (χ2n) is 4.64. The molecule has 1 atom stereocenters. The maximum Gasteiger partial charge on any atom is 0.306 e. The van der Waals surface area contributed by atoms with Gasteiger partial charge in [0.15, 0.2) is 0 Å². The fraction of sp³-hybridized carbons (Fsp3) is 0.500. The highest BCUT2D eigenvalue weighted by Gasteiger charge is 2.20. The molecule has 0 aliphatic heterocycles. The molecule has 3 heteroatoms. The fourth-order valence-corrected chi connectivity index (χ4v) is 1.90. The Labute approximate surface area is 102 Å². The lowest BCUT2D eigenvalue weighted by Crippen LogP contribution is -2.14. The molecule has 1 aromatic carbocycles. The van der Waals surface area contributed by atoms with E-state index >= 15 is 0 Å². The van der Waals surface area contributed by atoms with Crippen LogP contribution in [0.25, 0.3) is 0 Å². The van der Waals surface area contributed by atoms with Gasteiger partial charge >= 0.3 is 5.97 Å². The summed E-state index contributed by atoms with van der Waals surface area (Å²) in [6.45, 7) is 5.83. The van der Waals surface area contributed by atoms with Crippen LogP contribution in [0.15, 0.2) is 18.2 Å².